The molecule has 32 heavy (non-hydrogen) atoms. The second-order valence-electron chi connectivity index (χ2n) is 7.43. The summed E-state index contributed by atoms with van der Waals surface area (Å²) in [6.45, 7) is 3.92. The molecule has 1 heterocycles. The van der Waals surface area contributed by atoms with Gasteiger partial charge in [-0.3, -0.25) is 9.59 Å². The Morgan fingerprint density at radius 1 is 1.38 bits per heavy atom. The van der Waals surface area contributed by atoms with Gasteiger partial charge in [-0.1, -0.05) is 19.1 Å². The molecule has 1 aliphatic rings. The summed E-state index contributed by atoms with van der Waals surface area (Å²) in [4.78, 5) is 34.9. The van der Waals surface area contributed by atoms with Crippen molar-refractivity contribution in [1.29, 1.82) is 5.41 Å². The highest BCUT2D eigenvalue weighted by Gasteiger charge is 2.29. The van der Waals surface area contributed by atoms with Crippen LogP contribution in [0.25, 0.3) is 0 Å². The van der Waals surface area contributed by atoms with Crippen molar-refractivity contribution in [3.05, 3.63) is 64.7 Å². The number of rotatable bonds is 8. The fraction of sp³-hybridized carbons (Fsp3) is 0.292. The molecule has 3 rings (SSSR count). The third-order valence-corrected chi connectivity index (χ3v) is 5.95. The number of aromatic nitrogens is 1. The third-order valence-electron chi connectivity index (χ3n) is 5.05. The van der Waals surface area contributed by atoms with Gasteiger partial charge < -0.3 is 15.8 Å². The largest absolute Gasteiger partial charge is 0.493 e. The lowest BCUT2D eigenvalue weighted by Gasteiger charge is -2.22. The van der Waals surface area contributed by atoms with Crippen LogP contribution in [0.2, 0.25) is 0 Å². The fourth-order valence-electron chi connectivity index (χ4n) is 3.60. The molecule has 0 radical (unpaired) electrons. The van der Waals surface area contributed by atoms with Crippen LogP contribution in [0.3, 0.4) is 0 Å². The number of ketones is 1. The van der Waals surface area contributed by atoms with Crippen LogP contribution in [-0.4, -0.2) is 40.0 Å². The molecule has 1 amide bonds. The Morgan fingerprint density at radius 2 is 2.12 bits per heavy atom. The van der Waals surface area contributed by atoms with Gasteiger partial charge in [-0.15, -0.1) is 11.8 Å². The van der Waals surface area contributed by atoms with Gasteiger partial charge in [0.05, 0.1) is 18.0 Å². The second-order valence-corrected chi connectivity index (χ2v) is 8.76. The number of carbonyl (C=O) groups is 2. The molecule has 7 nitrogen and oxygen atoms in total. The average molecular weight is 451 g/mol. The van der Waals surface area contributed by atoms with Crippen LogP contribution in [0.15, 0.2) is 52.2 Å². The number of nitrogens with zero attached hydrogens (tertiary/aromatic N) is 2. The van der Waals surface area contributed by atoms with Gasteiger partial charge in [0.2, 0.25) is 11.8 Å². The number of hydrogen-bond donors (Lipinski definition) is 3. The molecule has 166 valence electrons. The van der Waals surface area contributed by atoms with Gasteiger partial charge in [0, 0.05) is 29.0 Å². The molecule has 3 N–H and O–H groups in total. The number of fused-ring (bicyclic) bond motifs is 1. The zero-order valence-corrected chi connectivity index (χ0v) is 18.9. The predicted molar refractivity (Wildman–Crippen MR) is 128 cm³/mol. The zero-order chi connectivity index (χ0) is 23.1. The van der Waals surface area contributed by atoms with Crippen LogP contribution in [0.1, 0.15) is 40.5 Å². The quantitative estimate of drug-likeness (QED) is 0.310. The van der Waals surface area contributed by atoms with E-state index in [-0.39, 0.29) is 24.0 Å². The summed E-state index contributed by atoms with van der Waals surface area (Å²) >= 11 is 1.76. The number of amides is 1. The Morgan fingerprint density at radius 3 is 2.81 bits per heavy atom. The summed E-state index contributed by atoms with van der Waals surface area (Å²) < 4.78 is 0. The maximum absolute atomic E-state index is 12.9. The van der Waals surface area contributed by atoms with Crippen molar-refractivity contribution in [2.45, 2.75) is 38.0 Å². The van der Waals surface area contributed by atoms with E-state index < -0.39 is 5.92 Å². The molecular weight excluding hydrogens is 424 g/mol. The lowest BCUT2D eigenvalue weighted by Crippen LogP contribution is -2.26. The van der Waals surface area contributed by atoms with E-state index >= 15 is 0 Å². The predicted octanol–water partition coefficient (Wildman–Crippen LogP) is 4.55. The van der Waals surface area contributed by atoms with Crippen molar-refractivity contribution in [2.75, 3.05) is 11.1 Å². The topological polar surface area (TPSA) is 116 Å². The lowest BCUT2D eigenvalue weighted by molar-refractivity contribution is -0.115. The fourth-order valence-corrected chi connectivity index (χ4v) is 4.26. The molecular formula is C24H26N4O3S. The molecule has 1 aliphatic carbocycles. The van der Waals surface area contributed by atoms with Crippen molar-refractivity contribution < 1.29 is 14.7 Å². The average Bonchev–Trinajstić information content (AvgIpc) is 2.74. The van der Waals surface area contributed by atoms with E-state index in [1.165, 1.54) is 11.1 Å². The van der Waals surface area contributed by atoms with E-state index in [2.05, 4.69) is 22.2 Å². The van der Waals surface area contributed by atoms with E-state index in [0.29, 0.717) is 29.9 Å². The molecule has 0 spiro atoms. The van der Waals surface area contributed by atoms with E-state index in [1.807, 2.05) is 31.2 Å². The van der Waals surface area contributed by atoms with Crippen molar-refractivity contribution in [3.8, 4) is 0 Å². The number of thioether (sulfide) groups is 1. The molecule has 1 aromatic heterocycles. The van der Waals surface area contributed by atoms with Crippen LogP contribution < -0.4 is 5.32 Å². The number of allylic oxidation sites excluding steroid dienone is 1. The number of anilines is 1. The molecule has 1 unspecified atom stereocenters. The summed E-state index contributed by atoms with van der Waals surface area (Å²) in [5.41, 5.74) is 2.88. The van der Waals surface area contributed by atoms with Crippen LogP contribution in [0.5, 0.6) is 0 Å². The number of benzene rings is 1. The van der Waals surface area contributed by atoms with Gasteiger partial charge >= 0.3 is 0 Å². The Balaban J connectivity index is 1.69. The minimum absolute atomic E-state index is 0.106. The maximum Gasteiger partial charge on any atom is 0.229 e. The Kier molecular flexibility index (Phi) is 7.94. The third kappa shape index (κ3) is 5.91. The zero-order valence-electron chi connectivity index (χ0n) is 18.1. The molecule has 8 heteroatoms. The molecule has 0 saturated heterocycles. The Hall–Kier alpha value is -3.26. The number of aliphatic hydroxyl groups excluding tert-OH is 1. The maximum atomic E-state index is 12.9. The molecule has 0 bridgehead atoms. The molecule has 2 aromatic rings. The van der Waals surface area contributed by atoms with Crippen LogP contribution in [-0.2, 0) is 17.6 Å². The normalized spacial score (nSPS) is 16.1. The monoisotopic (exact) mass is 450 g/mol. The molecule has 0 saturated carbocycles. The first-order valence-corrected chi connectivity index (χ1v) is 11.4. The summed E-state index contributed by atoms with van der Waals surface area (Å²) in [6, 6.07) is 9.66. The number of carbonyl (C=O) groups excluding carboxylic acids is 2. The lowest BCUT2D eigenvalue weighted by atomic mass is 9.84. The summed E-state index contributed by atoms with van der Waals surface area (Å²) in [6.07, 6.45) is 4.80. The van der Waals surface area contributed by atoms with Gasteiger partial charge in [0.15, 0.2) is 5.78 Å². The van der Waals surface area contributed by atoms with E-state index in [9.17, 15) is 14.7 Å². The highest BCUT2D eigenvalue weighted by molar-refractivity contribution is 7.99. The van der Waals surface area contributed by atoms with Gasteiger partial charge in [0.1, 0.15) is 5.82 Å². The SMILES string of the molecule is CCSc1ccc(CC(=O)Nc2cc(C)c3c(n2)CCC(/C=N/C(O)=C\C=N)C3=O)cc1. The number of nitrogens with one attached hydrogen (secondary N) is 2. The van der Waals surface area contributed by atoms with Gasteiger partial charge in [0.25, 0.3) is 0 Å². The first kappa shape index (κ1) is 23.4. The molecule has 0 aliphatic heterocycles. The number of pyridine rings is 1. The van der Waals surface area contributed by atoms with Crippen LogP contribution in [0.4, 0.5) is 5.82 Å². The number of Topliss-reactive ketones (excluding diaryl/α,β-unsaturated/α-hetero) is 1. The highest BCUT2D eigenvalue weighted by Crippen LogP contribution is 2.28. The Bertz CT molecular complexity index is 1080. The second kappa shape index (κ2) is 10.9. The van der Waals surface area contributed by atoms with Crippen LogP contribution >= 0.6 is 11.8 Å². The summed E-state index contributed by atoms with van der Waals surface area (Å²) in [5.74, 6) is 0.405. The molecule has 1 aromatic carbocycles. The Labute approximate surface area is 191 Å². The first-order valence-electron chi connectivity index (χ1n) is 10.4. The molecule has 1 atom stereocenters. The van der Waals surface area contributed by atoms with Crippen molar-refractivity contribution in [1.82, 2.24) is 4.98 Å². The first-order chi connectivity index (χ1) is 15.4. The number of aryl methyl sites for hydroxylation is 2. The van der Waals surface area contributed by atoms with E-state index in [0.717, 1.165) is 29.2 Å². The minimum Gasteiger partial charge on any atom is -0.493 e. The van der Waals surface area contributed by atoms with Gasteiger partial charge in [-0.2, -0.15) is 0 Å². The minimum atomic E-state index is -0.460. The van der Waals surface area contributed by atoms with Crippen molar-refractivity contribution in [2.24, 2.45) is 10.9 Å². The highest BCUT2D eigenvalue weighted by atomic mass is 32.2. The van der Waals surface area contributed by atoms with E-state index in [1.54, 1.807) is 17.8 Å². The molecule has 0 fully saturated rings. The van der Waals surface area contributed by atoms with Crippen molar-refractivity contribution >= 4 is 41.7 Å². The summed E-state index contributed by atoms with van der Waals surface area (Å²) in [5, 5.41) is 19.3. The van der Waals surface area contributed by atoms with Crippen LogP contribution in [0, 0.1) is 18.3 Å². The number of aliphatic imine (C=N–C) groups is 1. The van der Waals surface area contributed by atoms with Gasteiger partial charge in [-0.05, 0) is 54.8 Å². The number of hydrogen-bond acceptors (Lipinski definition) is 7. The standard InChI is InChI=1S/C24H26N4O3S/c1-3-32-18-7-4-16(5-8-18)13-22(30)28-20-12-15(2)23-19(27-20)9-6-17(24(23)31)14-26-21(29)10-11-25/h4-5,7-8,10-12,14,17,25,29H,3,6,9,13H2,1-2H3,(H,27,28,30)/b21-10+,25-11?,26-14+. The summed E-state index contributed by atoms with van der Waals surface area (Å²) in [7, 11) is 0. The number of aliphatic hydroxyl groups is 1. The van der Waals surface area contributed by atoms with Gasteiger partial charge in [-0.25, -0.2) is 9.98 Å². The van der Waals surface area contributed by atoms with E-state index in [4.69, 9.17) is 5.41 Å². The van der Waals surface area contributed by atoms with Crippen molar-refractivity contribution in [3.63, 3.8) is 0 Å². The smallest absolute Gasteiger partial charge is 0.229 e.